The number of carbonyl (C=O) groups is 1. The molecule has 0 N–H and O–H groups in total. The van der Waals surface area contributed by atoms with E-state index in [-0.39, 0.29) is 18.2 Å². The van der Waals surface area contributed by atoms with E-state index < -0.39 is 5.60 Å². The maximum atomic E-state index is 12.1. The van der Waals surface area contributed by atoms with Crippen molar-refractivity contribution in [1.82, 2.24) is 4.90 Å². The summed E-state index contributed by atoms with van der Waals surface area (Å²) in [5, 5.41) is 0. The monoisotopic (exact) mass is 291 g/mol. The molecule has 0 bridgehead atoms. The Morgan fingerprint density at radius 1 is 1.29 bits per heavy atom. The Morgan fingerprint density at radius 2 is 1.95 bits per heavy atom. The number of carbonyl (C=O) groups excluding carboxylic acids is 1. The summed E-state index contributed by atoms with van der Waals surface area (Å²) >= 11 is 0. The van der Waals surface area contributed by atoms with E-state index in [2.05, 4.69) is 0 Å². The second-order valence-corrected chi connectivity index (χ2v) is 6.54. The molecule has 1 aliphatic rings. The van der Waals surface area contributed by atoms with E-state index in [9.17, 15) is 4.79 Å². The van der Waals surface area contributed by atoms with Crippen LogP contribution in [0.3, 0.4) is 0 Å². The number of rotatable bonds is 3. The number of hydrogen-bond acceptors (Lipinski definition) is 3. The number of likely N-dealkylation sites (tertiary alicyclic amines) is 1. The lowest BCUT2D eigenvalue weighted by Gasteiger charge is -2.28. The maximum Gasteiger partial charge on any atom is 0.410 e. The standard InChI is InChI=1S/C17H25NO3/c1-13-15(20-12-14-8-6-5-7-9-14)10-11-18(13)16(19)21-17(2,3)4/h5-9,13,15H,10-12H2,1-4H3. The molecule has 1 aromatic carbocycles. The highest BCUT2D eigenvalue weighted by Gasteiger charge is 2.36. The fourth-order valence-electron chi connectivity index (χ4n) is 2.49. The number of nitrogens with zero attached hydrogens (tertiary/aromatic N) is 1. The van der Waals surface area contributed by atoms with Crippen LogP contribution in [-0.4, -0.2) is 35.3 Å². The fourth-order valence-corrected chi connectivity index (χ4v) is 2.49. The Hall–Kier alpha value is -1.55. The van der Waals surface area contributed by atoms with E-state index in [0.29, 0.717) is 13.2 Å². The molecule has 1 heterocycles. The number of ether oxygens (including phenoxy) is 2. The molecule has 0 aromatic heterocycles. The SMILES string of the molecule is CC1C(OCc2ccccc2)CCN1C(=O)OC(C)(C)C. The van der Waals surface area contributed by atoms with E-state index in [4.69, 9.17) is 9.47 Å². The second-order valence-electron chi connectivity index (χ2n) is 6.54. The first-order valence-electron chi connectivity index (χ1n) is 7.52. The molecule has 1 saturated heterocycles. The van der Waals surface area contributed by atoms with Gasteiger partial charge in [0.05, 0.1) is 18.8 Å². The van der Waals surface area contributed by atoms with Gasteiger partial charge in [0.1, 0.15) is 5.60 Å². The second kappa shape index (κ2) is 6.48. The minimum atomic E-state index is -0.459. The topological polar surface area (TPSA) is 38.8 Å². The van der Waals surface area contributed by atoms with Crippen LogP contribution in [0.25, 0.3) is 0 Å². The van der Waals surface area contributed by atoms with Crippen molar-refractivity contribution in [3.63, 3.8) is 0 Å². The average molecular weight is 291 g/mol. The van der Waals surface area contributed by atoms with Crippen molar-refractivity contribution in [2.24, 2.45) is 0 Å². The Labute approximate surface area is 127 Å². The molecule has 0 saturated carbocycles. The number of amides is 1. The highest BCUT2D eigenvalue weighted by atomic mass is 16.6. The summed E-state index contributed by atoms with van der Waals surface area (Å²) in [6.07, 6.45) is 0.672. The summed E-state index contributed by atoms with van der Waals surface area (Å²) in [5.41, 5.74) is 0.695. The van der Waals surface area contributed by atoms with Crippen LogP contribution in [0.4, 0.5) is 4.79 Å². The zero-order valence-electron chi connectivity index (χ0n) is 13.3. The molecule has 116 valence electrons. The van der Waals surface area contributed by atoms with Gasteiger partial charge in [-0.15, -0.1) is 0 Å². The van der Waals surface area contributed by atoms with E-state index in [0.717, 1.165) is 12.0 Å². The zero-order chi connectivity index (χ0) is 15.5. The Kier molecular flexibility index (Phi) is 4.88. The maximum absolute atomic E-state index is 12.1. The minimum Gasteiger partial charge on any atom is -0.444 e. The normalized spacial score (nSPS) is 22.4. The molecule has 1 aliphatic heterocycles. The molecule has 21 heavy (non-hydrogen) atoms. The first-order valence-corrected chi connectivity index (χ1v) is 7.52. The molecular formula is C17H25NO3. The quantitative estimate of drug-likeness (QED) is 0.854. The number of benzene rings is 1. The molecular weight excluding hydrogens is 266 g/mol. The number of hydrogen-bond donors (Lipinski definition) is 0. The van der Waals surface area contributed by atoms with Crippen LogP contribution in [0.2, 0.25) is 0 Å². The van der Waals surface area contributed by atoms with E-state index in [1.165, 1.54) is 0 Å². The van der Waals surface area contributed by atoms with Crippen molar-refractivity contribution in [2.75, 3.05) is 6.54 Å². The summed E-state index contributed by atoms with van der Waals surface area (Å²) in [4.78, 5) is 13.9. The van der Waals surface area contributed by atoms with Gasteiger partial charge in [-0.1, -0.05) is 30.3 Å². The Bertz CT molecular complexity index is 467. The van der Waals surface area contributed by atoms with Crippen LogP contribution in [0, 0.1) is 0 Å². The molecule has 0 aliphatic carbocycles. The third-order valence-electron chi connectivity index (χ3n) is 3.62. The fraction of sp³-hybridized carbons (Fsp3) is 0.588. The van der Waals surface area contributed by atoms with Gasteiger partial charge >= 0.3 is 6.09 Å². The Balaban J connectivity index is 1.86. The molecule has 0 radical (unpaired) electrons. The van der Waals surface area contributed by atoms with Gasteiger partial charge in [-0.3, -0.25) is 0 Å². The predicted octanol–water partition coefficient (Wildman–Crippen LogP) is 3.60. The van der Waals surface area contributed by atoms with Crippen molar-refractivity contribution in [1.29, 1.82) is 0 Å². The van der Waals surface area contributed by atoms with Crippen LogP contribution in [0.15, 0.2) is 30.3 Å². The van der Waals surface area contributed by atoms with Crippen molar-refractivity contribution < 1.29 is 14.3 Å². The summed E-state index contributed by atoms with van der Waals surface area (Å²) in [6, 6.07) is 10.1. The van der Waals surface area contributed by atoms with Gasteiger partial charge in [-0.05, 0) is 39.7 Å². The zero-order valence-corrected chi connectivity index (χ0v) is 13.3. The van der Waals surface area contributed by atoms with Gasteiger partial charge in [0, 0.05) is 6.54 Å². The van der Waals surface area contributed by atoms with Crippen LogP contribution >= 0.6 is 0 Å². The van der Waals surface area contributed by atoms with Gasteiger partial charge in [0.2, 0.25) is 0 Å². The van der Waals surface area contributed by atoms with Crippen LogP contribution in [0.1, 0.15) is 39.7 Å². The van der Waals surface area contributed by atoms with Crippen molar-refractivity contribution in [3.8, 4) is 0 Å². The minimum absolute atomic E-state index is 0.0450. The lowest BCUT2D eigenvalue weighted by Crippen LogP contribution is -2.41. The van der Waals surface area contributed by atoms with Gasteiger partial charge in [-0.25, -0.2) is 4.79 Å². The van der Waals surface area contributed by atoms with Crippen molar-refractivity contribution >= 4 is 6.09 Å². The van der Waals surface area contributed by atoms with E-state index >= 15 is 0 Å². The smallest absolute Gasteiger partial charge is 0.410 e. The van der Waals surface area contributed by atoms with Crippen LogP contribution in [-0.2, 0) is 16.1 Å². The van der Waals surface area contributed by atoms with Gasteiger partial charge in [-0.2, -0.15) is 0 Å². The van der Waals surface area contributed by atoms with E-state index in [1.54, 1.807) is 4.90 Å². The molecule has 2 atom stereocenters. The molecule has 1 amide bonds. The predicted molar refractivity (Wildman–Crippen MR) is 82.0 cm³/mol. The van der Waals surface area contributed by atoms with E-state index in [1.807, 2.05) is 58.0 Å². The molecule has 1 aromatic rings. The van der Waals surface area contributed by atoms with Crippen LogP contribution < -0.4 is 0 Å². The molecule has 2 rings (SSSR count). The lowest BCUT2D eigenvalue weighted by molar-refractivity contribution is -0.000109. The summed E-state index contributed by atoms with van der Waals surface area (Å²) in [5.74, 6) is 0. The van der Waals surface area contributed by atoms with Gasteiger partial charge < -0.3 is 14.4 Å². The first-order chi connectivity index (χ1) is 9.87. The highest BCUT2D eigenvalue weighted by Crippen LogP contribution is 2.24. The molecule has 1 fully saturated rings. The van der Waals surface area contributed by atoms with Gasteiger partial charge in [0.25, 0.3) is 0 Å². The largest absolute Gasteiger partial charge is 0.444 e. The first kappa shape index (κ1) is 15.8. The molecule has 0 spiro atoms. The highest BCUT2D eigenvalue weighted by molar-refractivity contribution is 5.69. The molecule has 2 unspecified atom stereocenters. The summed E-state index contributed by atoms with van der Waals surface area (Å²) in [7, 11) is 0. The summed E-state index contributed by atoms with van der Waals surface area (Å²) in [6.45, 7) is 8.94. The lowest BCUT2D eigenvalue weighted by atomic mass is 10.2. The summed E-state index contributed by atoms with van der Waals surface area (Å²) < 4.78 is 11.4. The third-order valence-corrected chi connectivity index (χ3v) is 3.62. The van der Waals surface area contributed by atoms with Crippen molar-refractivity contribution in [3.05, 3.63) is 35.9 Å². The van der Waals surface area contributed by atoms with Crippen molar-refractivity contribution in [2.45, 2.75) is 58.5 Å². The molecule has 4 nitrogen and oxygen atoms in total. The average Bonchev–Trinajstić information content (AvgIpc) is 2.77. The van der Waals surface area contributed by atoms with Gasteiger partial charge in [0.15, 0.2) is 0 Å². The third kappa shape index (κ3) is 4.46. The van der Waals surface area contributed by atoms with Crippen LogP contribution in [0.5, 0.6) is 0 Å². The molecule has 4 heteroatoms. The Morgan fingerprint density at radius 3 is 2.57 bits per heavy atom.